The third-order valence-electron chi connectivity index (χ3n) is 25.4. The summed E-state index contributed by atoms with van der Waals surface area (Å²) in [6.07, 6.45) is 24.6. The van der Waals surface area contributed by atoms with Gasteiger partial charge in [0, 0.05) is 52.1 Å². The molecule has 10 aromatic carbocycles. The minimum Gasteiger partial charge on any atom is -0.0622 e. The quantitative estimate of drug-likeness (QED) is 0.0528. The number of nitriles is 2. The number of halogens is 3. The average Bonchev–Trinajstić information content (AvgIpc) is 1.52. The number of unbranched alkanes of at least 4 members (excludes halogenated alkanes) is 3. The number of benzene rings is 10. The van der Waals surface area contributed by atoms with Crippen molar-refractivity contribution in [2.45, 2.75) is 186 Å². The fraction of sp³-hybridized carbons (Fsp3) is 0.346. The molecule has 10 aromatic rings. The van der Waals surface area contributed by atoms with Gasteiger partial charge in [0.1, 0.15) is 22.7 Å². The van der Waals surface area contributed by atoms with Crippen LogP contribution in [0.15, 0.2) is 269 Å². The molecule has 2 atom stereocenters. The Morgan fingerprint density at radius 3 is 1.09 bits per heavy atom. The van der Waals surface area contributed by atoms with Gasteiger partial charge in [-0.25, -0.2) is 0 Å². The molecule has 18 rings (SSSR count). The third kappa shape index (κ3) is 20.7. The van der Waals surface area contributed by atoms with Crippen molar-refractivity contribution in [1.82, 2.24) is 0 Å². The van der Waals surface area contributed by atoms with Gasteiger partial charge < -0.3 is 20.9 Å². The van der Waals surface area contributed by atoms with Crippen LogP contribution in [0.1, 0.15) is 198 Å². The molecule has 8 aliphatic rings. The van der Waals surface area contributed by atoms with Crippen molar-refractivity contribution >= 4 is 113 Å². The van der Waals surface area contributed by atoms with E-state index in [1.165, 1.54) is 118 Å². The molecule has 2 heterocycles. The van der Waals surface area contributed by atoms with Crippen LogP contribution in [0.5, 0.6) is 0 Å². The Labute approximate surface area is 740 Å². The number of rotatable bonds is 17. The Hall–Kier alpha value is -7.46. The number of nitrogens with two attached hydrogens (primary N) is 2. The van der Waals surface area contributed by atoms with Crippen LogP contribution in [0.3, 0.4) is 0 Å². The average molecular weight is 1910 g/mol. The van der Waals surface area contributed by atoms with Crippen molar-refractivity contribution in [2.75, 3.05) is 14.2 Å². The largest absolute Gasteiger partial charge is 0.0622 e. The predicted molar refractivity (Wildman–Crippen MR) is 504 cm³/mol. The summed E-state index contributed by atoms with van der Waals surface area (Å²) in [6, 6.07) is 94.2. The molecule has 4 fully saturated rings. The first kappa shape index (κ1) is 89.3. The van der Waals surface area contributed by atoms with Gasteiger partial charge in [-0.2, -0.15) is 10.5 Å². The molecule has 0 bridgehead atoms. The molecule has 119 heavy (non-hydrogen) atoms. The van der Waals surface area contributed by atoms with Crippen molar-refractivity contribution in [2.24, 2.45) is 44.1 Å². The van der Waals surface area contributed by atoms with E-state index in [-0.39, 0.29) is 26.8 Å². The van der Waals surface area contributed by atoms with E-state index in [0.717, 1.165) is 102 Å². The van der Waals surface area contributed by atoms with E-state index in [2.05, 4.69) is 301 Å². The van der Waals surface area contributed by atoms with Gasteiger partial charge in [-0.1, -0.05) is 234 Å². The van der Waals surface area contributed by atoms with Gasteiger partial charge in [-0.3, -0.25) is 9.98 Å². The van der Waals surface area contributed by atoms with Crippen molar-refractivity contribution in [1.29, 1.82) is 10.5 Å². The molecule has 15 heteroatoms. The zero-order chi connectivity index (χ0) is 83.3. The zero-order valence-electron chi connectivity index (χ0n) is 69.4. The van der Waals surface area contributed by atoms with Crippen molar-refractivity contribution in [3.63, 3.8) is 0 Å². The second-order valence-corrected chi connectivity index (χ2v) is 53.0. The van der Waals surface area contributed by atoms with E-state index < -0.39 is 45.3 Å². The summed E-state index contributed by atoms with van der Waals surface area (Å²) in [5, 5.41) is 27.2. The molecule has 2 unspecified atom stereocenters. The molecule has 0 amide bonds. The first-order valence-electron chi connectivity index (χ1n) is 42.7. The van der Waals surface area contributed by atoms with Gasteiger partial charge in [0.2, 0.25) is 0 Å². The van der Waals surface area contributed by atoms with Crippen LogP contribution in [0.4, 0.5) is 0 Å². The van der Waals surface area contributed by atoms with Gasteiger partial charge in [-0.05, 0) is 207 Å². The minimum absolute atomic E-state index is 0.00478. The van der Waals surface area contributed by atoms with Gasteiger partial charge in [0.15, 0.2) is 0 Å². The molecule has 4 saturated carbocycles. The molecule has 6 aliphatic carbocycles. The Kier molecular flexibility index (Phi) is 31.9. The maximum Gasteiger partial charge on any atom is -0.0134 e. The normalized spacial score (nSPS) is 21.0. The van der Waals surface area contributed by atoms with E-state index in [9.17, 15) is 10.5 Å². The van der Waals surface area contributed by atoms with Crippen molar-refractivity contribution < 1.29 is 25.4 Å². The van der Waals surface area contributed by atoms with E-state index in [0.29, 0.717) is 40.9 Å². The summed E-state index contributed by atoms with van der Waals surface area (Å²) < 4.78 is 21.0. The number of hydrogen-bond donors (Lipinski definition) is 2. The second-order valence-electron chi connectivity index (χ2n) is 33.0. The number of ether oxygens (including phenoxy) is 2. The summed E-state index contributed by atoms with van der Waals surface area (Å²) in [6.45, 7) is 7.01. The summed E-state index contributed by atoms with van der Waals surface area (Å²) in [5.41, 5.74) is 23.7. The van der Waals surface area contributed by atoms with Crippen molar-refractivity contribution in [3.05, 3.63) is 320 Å². The number of amidine groups is 2. The van der Waals surface area contributed by atoms with Crippen molar-refractivity contribution in [3.8, 4) is 33.8 Å². The van der Waals surface area contributed by atoms with E-state index in [4.69, 9.17) is 50.0 Å². The van der Waals surface area contributed by atoms with E-state index in [1.807, 2.05) is 38.5 Å². The fourth-order valence-corrected chi connectivity index (χ4v) is 37.5. The molecular formula is C104H111BrCl2N6O2P2PdSn. The molecule has 0 aromatic heterocycles. The second kappa shape index (κ2) is 42.6. The van der Waals surface area contributed by atoms with Crippen LogP contribution in [-0.4, -0.2) is 56.5 Å². The maximum atomic E-state index is 9.45. The topological polar surface area (TPSA) is 143 Å². The summed E-state index contributed by atoms with van der Waals surface area (Å²) in [7, 11) is 12.4. The molecule has 8 nitrogen and oxygen atoms in total. The summed E-state index contributed by atoms with van der Waals surface area (Å²) in [5.74, 6) is 13.0. The van der Waals surface area contributed by atoms with Crippen LogP contribution in [0, 0.1) is 67.0 Å². The Morgan fingerprint density at radius 1 is 0.437 bits per heavy atom. The molecular weight excluding hydrogens is 1800 g/mol. The third-order valence-corrected chi connectivity index (χ3v) is 44.0. The van der Waals surface area contributed by atoms with Crippen LogP contribution in [-0.2, 0) is 49.3 Å². The number of hydrogen-bond acceptors (Lipinski definition) is 8. The SMILES string of the molecule is CCC[CH2][Sn]([C]#CC1CC1)([CH2]CCC)[CH2]CCC.COC1CCC2(CC1)Cc1ccc(Br)cc1C21N=C(N)c2cc(C#N)ccc21.COC1CCC2(CC1)Cc1ccc(C#CC3CC3)cc1C21N=C(N)c2cc(C#N)ccc21.[Cl][Pd][Cl].c1ccc(P(c2ccccc2)c2ccccc2)cc1.c1ccc(P(c2ccccc2)c2ccccc2)cc1. The Bertz CT molecular complexity index is 4990. The van der Waals surface area contributed by atoms with E-state index >= 15 is 0 Å². The van der Waals surface area contributed by atoms with Crippen LogP contribution >= 0.6 is 50.8 Å². The number of methoxy groups -OCH3 is 2. The fourth-order valence-electron chi connectivity index (χ4n) is 19.0. The van der Waals surface area contributed by atoms with Crippen LogP contribution in [0.2, 0.25) is 13.3 Å². The molecule has 4 N–H and O–H groups in total. The number of fused-ring (bicyclic) bond motifs is 10. The minimum atomic E-state index is -2.07. The summed E-state index contributed by atoms with van der Waals surface area (Å²) >= 11 is 1.49. The van der Waals surface area contributed by atoms with Gasteiger partial charge in [0.25, 0.3) is 0 Å². The smallest absolute Gasteiger partial charge is 0.0134 e. The molecule has 0 saturated heterocycles. The molecule has 614 valence electrons. The van der Waals surface area contributed by atoms with Gasteiger partial charge in [-0.15, -0.1) is 0 Å². The number of aliphatic imine (C=N–C) groups is 2. The predicted octanol–water partition coefficient (Wildman–Crippen LogP) is 22.9. The first-order chi connectivity index (χ1) is 58.2. The Morgan fingerprint density at radius 2 is 0.765 bits per heavy atom. The van der Waals surface area contributed by atoms with Gasteiger partial charge >= 0.3 is 155 Å². The monoisotopic (exact) mass is 1910 g/mol. The Balaban J connectivity index is 0.000000130. The maximum absolute atomic E-state index is 9.45. The summed E-state index contributed by atoms with van der Waals surface area (Å²) in [4.78, 5) is 10.5. The van der Waals surface area contributed by atoms with Crippen LogP contribution < -0.4 is 43.3 Å². The molecule has 0 radical (unpaired) electrons. The zero-order valence-corrected chi connectivity index (χ0v) is 78.7. The first-order valence-corrected chi connectivity index (χ1v) is 57.7. The van der Waals surface area contributed by atoms with Crippen LogP contribution in [0.25, 0.3) is 0 Å². The molecule has 4 spiro atoms. The van der Waals surface area contributed by atoms with Gasteiger partial charge in [0.05, 0.1) is 35.5 Å². The standard InChI is InChI=1S/C28H27N3O.C23H22BrN3O.2C18H15P.C5H5.3C4H9.2ClH.Pd.Sn/c1-32-22-10-12-27(13-11-22)16-21-8-6-19(5-4-18-2-3-18)15-25(21)28(27)24-9-7-20(17-29)14-23(24)26(30)31-28;1-28-17-6-8-22(9-7-17)12-15-3-4-16(24)11-20(15)23(22)19-5-2-14(13-25)10-18(19)21(26)27-23;2*1-4-10-16(11-5-1)19(17-12-6-2-7-13-17)18-14-8-3-9-15-18;1-2-5-3-4-5;3*1-3-4-2;;;;/h6-9,14-15,18,22H,2-3,10-13,16H2,1H3,(H2,30,31);2-5,10-11,17H,6-9,12H2,1H3,(H2,26,27);2*1-15H;5H,3-4H2;3*1,3-4H2,2H3;2*1H;;/q;;;;;;;;;;+2;/p-2. The van der Waals surface area contributed by atoms with E-state index in [1.54, 1.807) is 13.3 Å². The number of nitrogens with zero attached hydrogens (tertiary/aromatic N) is 4. The molecule has 2 aliphatic heterocycles.